The lowest BCUT2D eigenvalue weighted by molar-refractivity contribution is -0.137. The molecule has 1 atom stereocenters. The van der Waals surface area contributed by atoms with Gasteiger partial charge in [-0.3, -0.25) is 4.79 Å². The zero-order valence-electron chi connectivity index (χ0n) is 15.0. The second-order valence-electron chi connectivity index (χ2n) is 5.63. The van der Waals surface area contributed by atoms with Crippen LogP contribution in [0.5, 0.6) is 5.88 Å². The summed E-state index contributed by atoms with van der Waals surface area (Å²) in [6, 6.07) is 4.88. The van der Waals surface area contributed by atoms with Gasteiger partial charge in [0.15, 0.2) is 11.4 Å². The highest BCUT2D eigenvalue weighted by Crippen LogP contribution is 2.37. The van der Waals surface area contributed by atoms with Crippen molar-refractivity contribution in [2.45, 2.75) is 26.1 Å². The van der Waals surface area contributed by atoms with Crippen LogP contribution >= 0.6 is 0 Å². The number of nitrogens with zero attached hydrogens (tertiary/aromatic N) is 4. The molecule has 0 radical (unpaired) electrons. The second-order valence-corrected chi connectivity index (χ2v) is 5.63. The van der Waals surface area contributed by atoms with Gasteiger partial charge in [0.2, 0.25) is 17.7 Å². The zero-order valence-corrected chi connectivity index (χ0v) is 15.0. The van der Waals surface area contributed by atoms with Crippen LogP contribution in [0.25, 0.3) is 0 Å². The normalized spacial score (nSPS) is 12.1. The van der Waals surface area contributed by atoms with Gasteiger partial charge in [0.05, 0.1) is 12.2 Å². The molecule has 0 fully saturated rings. The molecule has 0 unspecified atom stereocenters. The Morgan fingerprint density at radius 3 is 2.61 bits per heavy atom. The van der Waals surface area contributed by atoms with Crippen LogP contribution in [0.15, 0.2) is 24.3 Å². The minimum atomic E-state index is -4.61. The number of benzene rings is 1. The summed E-state index contributed by atoms with van der Waals surface area (Å²) in [5.41, 5.74) is 9.84. The first kappa shape index (κ1) is 20.8. The summed E-state index contributed by atoms with van der Waals surface area (Å²) in [4.78, 5) is 20.7. The van der Waals surface area contributed by atoms with Crippen LogP contribution in [-0.4, -0.2) is 28.5 Å². The Balaban J connectivity index is 2.77. The summed E-state index contributed by atoms with van der Waals surface area (Å²) in [5, 5.41) is 9.54. The van der Waals surface area contributed by atoms with Gasteiger partial charge in [0.25, 0.3) is 0 Å². The number of hydrogen-bond donors (Lipinski definition) is 2. The Bertz CT molecular complexity index is 926. The van der Waals surface area contributed by atoms with Crippen LogP contribution in [0.4, 0.5) is 30.6 Å². The maximum Gasteiger partial charge on any atom is 0.416 e. The summed E-state index contributed by atoms with van der Waals surface area (Å²) in [6.45, 7) is 3.16. The van der Waals surface area contributed by atoms with Gasteiger partial charge in [-0.1, -0.05) is 6.07 Å². The number of carbonyl (C=O) groups excluding carboxylic acids is 1. The predicted molar refractivity (Wildman–Crippen MR) is 94.6 cm³/mol. The molecule has 11 heteroatoms. The van der Waals surface area contributed by atoms with Crippen molar-refractivity contribution >= 4 is 23.4 Å². The van der Waals surface area contributed by atoms with Crippen molar-refractivity contribution in [3.63, 3.8) is 0 Å². The SMILES string of the molecule is CCOc1nc(N)nc(N(c2cccc(C(F)(F)F)c2)[C@@H](C)C(N)=O)c1C#N. The number of halogens is 3. The van der Waals surface area contributed by atoms with Crippen LogP contribution in [0, 0.1) is 11.3 Å². The molecule has 1 aromatic heterocycles. The largest absolute Gasteiger partial charge is 0.477 e. The highest BCUT2D eigenvalue weighted by Gasteiger charge is 2.33. The van der Waals surface area contributed by atoms with Crippen molar-refractivity contribution < 1.29 is 22.7 Å². The van der Waals surface area contributed by atoms with Crippen LogP contribution in [0.2, 0.25) is 0 Å². The van der Waals surface area contributed by atoms with Crippen LogP contribution < -0.4 is 21.1 Å². The number of nitrogen functional groups attached to an aromatic ring is 1. The molecule has 2 aromatic rings. The molecule has 4 N–H and O–H groups in total. The predicted octanol–water partition coefficient (Wildman–Crippen LogP) is 2.36. The summed E-state index contributed by atoms with van der Waals surface area (Å²) in [5.74, 6) is -1.48. The summed E-state index contributed by atoms with van der Waals surface area (Å²) in [7, 11) is 0. The summed E-state index contributed by atoms with van der Waals surface area (Å²) >= 11 is 0. The molecule has 1 aromatic carbocycles. The molecule has 0 aliphatic rings. The van der Waals surface area contributed by atoms with E-state index in [1.54, 1.807) is 6.92 Å². The number of nitrogens with two attached hydrogens (primary N) is 2. The Morgan fingerprint density at radius 2 is 2.07 bits per heavy atom. The number of amides is 1. The van der Waals surface area contributed by atoms with Crippen molar-refractivity contribution in [2.75, 3.05) is 17.2 Å². The lowest BCUT2D eigenvalue weighted by Gasteiger charge is -2.30. The Labute approximate surface area is 158 Å². The Hall–Kier alpha value is -3.55. The second kappa shape index (κ2) is 7.99. The van der Waals surface area contributed by atoms with Crippen LogP contribution in [0.1, 0.15) is 25.0 Å². The fourth-order valence-corrected chi connectivity index (χ4v) is 2.45. The number of alkyl halides is 3. The van der Waals surface area contributed by atoms with Crippen molar-refractivity contribution in [1.82, 2.24) is 9.97 Å². The molecular weight excluding hydrogens is 377 g/mol. The smallest absolute Gasteiger partial charge is 0.416 e. The monoisotopic (exact) mass is 394 g/mol. The summed E-state index contributed by atoms with van der Waals surface area (Å²) in [6.07, 6.45) is -4.61. The van der Waals surface area contributed by atoms with Gasteiger partial charge >= 0.3 is 6.18 Å². The van der Waals surface area contributed by atoms with E-state index in [1.165, 1.54) is 19.1 Å². The van der Waals surface area contributed by atoms with Gasteiger partial charge in [-0.05, 0) is 32.0 Å². The van der Waals surface area contributed by atoms with E-state index in [0.29, 0.717) is 0 Å². The molecule has 0 saturated carbocycles. The Morgan fingerprint density at radius 1 is 1.39 bits per heavy atom. The lowest BCUT2D eigenvalue weighted by atomic mass is 10.1. The van der Waals surface area contributed by atoms with E-state index in [0.717, 1.165) is 17.0 Å². The maximum atomic E-state index is 13.1. The van der Waals surface area contributed by atoms with Crippen LogP contribution in [-0.2, 0) is 11.0 Å². The number of primary amides is 1. The van der Waals surface area contributed by atoms with Crippen molar-refractivity contribution in [1.29, 1.82) is 5.26 Å². The number of nitriles is 1. The average molecular weight is 394 g/mol. The molecule has 0 bridgehead atoms. The molecule has 0 aliphatic heterocycles. The molecule has 2 rings (SSSR count). The number of rotatable bonds is 6. The first-order valence-electron chi connectivity index (χ1n) is 8.06. The topological polar surface area (TPSA) is 131 Å². The van der Waals surface area contributed by atoms with Crippen LogP contribution in [0.3, 0.4) is 0 Å². The number of carbonyl (C=O) groups is 1. The molecule has 0 saturated heterocycles. The quantitative estimate of drug-likeness (QED) is 0.769. The third kappa shape index (κ3) is 4.22. The molecule has 0 spiro atoms. The molecule has 1 heterocycles. The minimum Gasteiger partial charge on any atom is -0.477 e. The maximum absolute atomic E-state index is 13.1. The third-order valence-electron chi connectivity index (χ3n) is 3.75. The van der Waals surface area contributed by atoms with Gasteiger partial charge in [0, 0.05) is 5.69 Å². The summed E-state index contributed by atoms with van der Waals surface area (Å²) < 4.78 is 44.7. The fraction of sp³-hybridized carbons (Fsp3) is 0.294. The highest BCUT2D eigenvalue weighted by atomic mass is 19.4. The van der Waals surface area contributed by atoms with E-state index in [2.05, 4.69) is 9.97 Å². The molecule has 0 aliphatic carbocycles. The minimum absolute atomic E-state index is 0.0572. The van der Waals surface area contributed by atoms with Gasteiger partial charge in [0.1, 0.15) is 12.1 Å². The Kier molecular flexibility index (Phi) is 5.93. The molecule has 1 amide bonds. The van der Waals surface area contributed by atoms with E-state index in [4.69, 9.17) is 16.2 Å². The van der Waals surface area contributed by atoms with E-state index in [9.17, 15) is 23.2 Å². The molecule has 28 heavy (non-hydrogen) atoms. The number of anilines is 3. The van der Waals surface area contributed by atoms with Gasteiger partial charge in [-0.2, -0.15) is 28.4 Å². The van der Waals surface area contributed by atoms with Gasteiger partial charge < -0.3 is 21.1 Å². The fourth-order valence-electron chi connectivity index (χ4n) is 2.45. The van der Waals surface area contributed by atoms with Gasteiger partial charge in [-0.15, -0.1) is 0 Å². The van der Waals surface area contributed by atoms with Crippen molar-refractivity contribution in [3.8, 4) is 11.9 Å². The first-order chi connectivity index (χ1) is 13.1. The highest BCUT2D eigenvalue weighted by molar-refractivity contribution is 5.87. The first-order valence-corrected chi connectivity index (χ1v) is 8.06. The number of aromatic nitrogens is 2. The molecule has 148 valence electrons. The van der Waals surface area contributed by atoms with E-state index >= 15 is 0 Å². The average Bonchev–Trinajstić information content (AvgIpc) is 2.61. The third-order valence-corrected chi connectivity index (χ3v) is 3.75. The number of ether oxygens (including phenoxy) is 1. The van der Waals surface area contributed by atoms with E-state index in [1.807, 2.05) is 6.07 Å². The lowest BCUT2D eigenvalue weighted by Crippen LogP contribution is -2.41. The van der Waals surface area contributed by atoms with Crippen molar-refractivity contribution in [2.24, 2.45) is 5.73 Å². The van der Waals surface area contributed by atoms with Crippen molar-refractivity contribution in [3.05, 3.63) is 35.4 Å². The van der Waals surface area contributed by atoms with E-state index < -0.39 is 23.7 Å². The molecular formula is C17H17F3N6O2. The van der Waals surface area contributed by atoms with E-state index in [-0.39, 0.29) is 35.5 Å². The standard InChI is InChI=1S/C17H17F3N6O2/c1-3-28-15-12(8-21)14(24-16(23)25-15)26(9(2)13(22)27)11-6-4-5-10(7-11)17(18,19)20/h4-7,9H,3H2,1-2H3,(H2,22,27)(H2,23,24,25)/t9-/m0/s1. The molecule has 8 nitrogen and oxygen atoms in total. The number of hydrogen-bond acceptors (Lipinski definition) is 7. The zero-order chi connectivity index (χ0) is 21.1. The van der Waals surface area contributed by atoms with Gasteiger partial charge in [-0.25, -0.2) is 0 Å².